The van der Waals surface area contributed by atoms with Crippen LogP contribution in [0.25, 0.3) is 0 Å². The molecular weight excluding hydrogens is 265 g/mol. The third-order valence-electron chi connectivity index (χ3n) is 3.37. The van der Waals surface area contributed by atoms with Crippen LogP contribution in [0.4, 0.5) is 4.39 Å². The van der Waals surface area contributed by atoms with E-state index in [0.29, 0.717) is 12.6 Å². The predicted molar refractivity (Wildman–Crippen MR) is 83.9 cm³/mol. The molecule has 112 valence electrons. The number of hydrogen-bond donors (Lipinski definition) is 1. The standard InChI is InChI=1S/C18H22FNO/c1-13(2)20-11-15-6-4-5-7-18(15)21-12-16-10-17(19)9-8-14(16)3/h4-10,13,20H,11-12H2,1-3H3. The van der Waals surface area contributed by atoms with Gasteiger partial charge in [0.15, 0.2) is 0 Å². The maximum Gasteiger partial charge on any atom is 0.124 e. The Morgan fingerprint density at radius 2 is 1.86 bits per heavy atom. The van der Waals surface area contributed by atoms with Crippen molar-refractivity contribution < 1.29 is 9.13 Å². The number of benzene rings is 2. The van der Waals surface area contributed by atoms with Crippen molar-refractivity contribution in [2.75, 3.05) is 0 Å². The molecule has 0 aromatic heterocycles. The first-order valence-corrected chi connectivity index (χ1v) is 7.25. The van der Waals surface area contributed by atoms with E-state index in [4.69, 9.17) is 4.74 Å². The van der Waals surface area contributed by atoms with Crippen LogP contribution in [0.2, 0.25) is 0 Å². The van der Waals surface area contributed by atoms with Crippen LogP contribution in [0.15, 0.2) is 42.5 Å². The largest absolute Gasteiger partial charge is 0.489 e. The zero-order chi connectivity index (χ0) is 15.2. The average molecular weight is 287 g/mol. The molecule has 0 aliphatic heterocycles. The fourth-order valence-corrected chi connectivity index (χ4v) is 2.06. The lowest BCUT2D eigenvalue weighted by atomic mass is 10.1. The Hall–Kier alpha value is -1.87. The molecule has 0 atom stereocenters. The molecule has 0 heterocycles. The second kappa shape index (κ2) is 7.23. The van der Waals surface area contributed by atoms with Crippen molar-refractivity contribution in [3.63, 3.8) is 0 Å². The summed E-state index contributed by atoms with van der Waals surface area (Å²) in [5, 5.41) is 3.38. The molecule has 0 radical (unpaired) electrons. The summed E-state index contributed by atoms with van der Waals surface area (Å²) in [7, 11) is 0. The average Bonchev–Trinajstić information content (AvgIpc) is 2.47. The van der Waals surface area contributed by atoms with Crippen molar-refractivity contribution in [1.82, 2.24) is 5.32 Å². The highest BCUT2D eigenvalue weighted by molar-refractivity contribution is 5.34. The molecule has 2 rings (SSSR count). The smallest absolute Gasteiger partial charge is 0.124 e. The molecule has 3 heteroatoms. The molecular formula is C18H22FNO. The monoisotopic (exact) mass is 287 g/mol. The van der Waals surface area contributed by atoms with E-state index in [2.05, 4.69) is 19.2 Å². The topological polar surface area (TPSA) is 21.3 Å². The van der Waals surface area contributed by atoms with Gasteiger partial charge in [-0.3, -0.25) is 0 Å². The Kier molecular flexibility index (Phi) is 5.34. The first-order chi connectivity index (χ1) is 10.1. The third kappa shape index (κ3) is 4.57. The Bertz CT molecular complexity index is 596. The molecule has 0 fully saturated rings. The van der Waals surface area contributed by atoms with Gasteiger partial charge in [-0.05, 0) is 36.2 Å². The second-order valence-corrected chi connectivity index (χ2v) is 5.50. The number of para-hydroxylation sites is 1. The Morgan fingerprint density at radius 3 is 2.62 bits per heavy atom. The molecule has 0 spiro atoms. The highest BCUT2D eigenvalue weighted by atomic mass is 19.1. The van der Waals surface area contributed by atoms with Crippen molar-refractivity contribution in [2.24, 2.45) is 0 Å². The van der Waals surface area contributed by atoms with Gasteiger partial charge in [-0.25, -0.2) is 4.39 Å². The minimum atomic E-state index is -0.228. The number of hydrogen-bond acceptors (Lipinski definition) is 2. The van der Waals surface area contributed by atoms with Gasteiger partial charge in [0.25, 0.3) is 0 Å². The lowest BCUT2D eigenvalue weighted by Crippen LogP contribution is -2.22. The number of rotatable bonds is 6. The Morgan fingerprint density at radius 1 is 1.10 bits per heavy atom. The van der Waals surface area contributed by atoms with E-state index in [1.165, 1.54) is 12.1 Å². The van der Waals surface area contributed by atoms with Gasteiger partial charge in [-0.1, -0.05) is 38.1 Å². The SMILES string of the molecule is Cc1ccc(F)cc1COc1ccccc1CNC(C)C. The maximum absolute atomic E-state index is 13.3. The third-order valence-corrected chi connectivity index (χ3v) is 3.37. The molecule has 2 aromatic rings. The van der Waals surface area contributed by atoms with E-state index in [9.17, 15) is 4.39 Å². The second-order valence-electron chi connectivity index (χ2n) is 5.50. The molecule has 2 aromatic carbocycles. The summed E-state index contributed by atoms with van der Waals surface area (Å²) >= 11 is 0. The lowest BCUT2D eigenvalue weighted by molar-refractivity contribution is 0.300. The minimum absolute atomic E-state index is 0.228. The minimum Gasteiger partial charge on any atom is -0.489 e. The maximum atomic E-state index is 13.3. The van der Waals surface area contributed by atoms with Crippen molar-refractivity contribution in [3.8, 4) is 5.75 Å². The molecule has 0 saturated carbocycles. The van der Waals surface area contributed by atoms with Crippen molar-refractivity contribution in [3.05, 3.63) is 65.0 Å². The highest BCUT2D eigenvalue weighted by Crippen LogP contribution is 2.20. The van der Waals surface area contributed by atoms with Crippen LogP contribution >= 0.6 is 0 Å². The highest BCUT2D eigenvalue weighted by Gasteiger charge is 2.06. The molecule has 0 aliphatic rings. The van der Waals surface area contributed by atoms with Gasteiger partial charge in [0, 0.05) is 18.2 Å². The van der Waals surface area contributed by atoms with E-state index in [0.717, 1.165) is 29.0 Å². The molecule has 0 amide bonds. The van der Waals surface area contributed by atoms with Crippen LogP contribution in [0.1, 0.15) is 30.5 Å². The van der Waals surface area contributed by atoms with Crippen molar-refractivity contribution in [1.29, 1.82) is 0 Å². The van der Waals surface area contributed by atoms with Crippen LogP contribution in [-0.2, 0) is 13.2 Å². The summed E-state index contributed by atoms with van der Waals surface area (Å²) in [4.78, 5) is 0. The van der Waals surface area contributed by atoms with Crippen molar-refractivity contribution >= 4 is 0 Å². The summed E-state index contributed by atoms with van der Waals surface area (Å²) in [6.45, 7) is 7.32. The van der Waals surface area contributed by atoms with Crippen LogP contribution in [0, 0.1) is 12.7 Å². The van der Waals surface area contributed by atoms with Crippen molar-refractivity contribution in [2.45, 2.75) is 40.0 Å². The molecule has 0 saturated heterocycles. The molecule has 0 bridgehead atoms. The van der Waals surface area contributed by atoms with Gasteiger partial charge < -0.3 is 10.1 Å². The van der Waals surface area contributed by atoms with E-state index in [1.54, 1.807) is 6.07 Å². The summed E-state index contributed by atoms with van der Waals surface area (Å²) in [5.74, 6) is 0.614. The molecule has 2 nitrogen and oxygen atoms in total. The zero-order valence-electron chi connectivity index (χ0n) is 12.8. The Labute approximate surface area is 126 Å². The Balaban J connectivity index is 2.07. The van der Waals surface area contributed by atoms with Gasteiger partial charge in [-0.2, -0.15) is 0 Å². The summed E-state index contributed by atoms with van der Waals surface area (Å²) < 4.78 is 19.2. The molecule has 0 unspecified atom stereocenters. The zero-order valence-corrected chi connectivity index (χ0v) is 12.8. The van der Waals surface area contributed by atoms with Crippen LogP contribution in [-0.4, -0.2) is 6.04 Å². The van der Waals surface area contributed by atoms with Crippen LogP contribution in [0.3, 0.4) is 0 Å². The fraction of sp³-hybridized carbons (Fsp3) is 0.333. The number of nitrogens with one attached hydrogen (secondary N) is 1. The summed E-state index contributed by atoms with van der Waals surface area (Å²) in [5.41, 5.74) is 3.02. The number of halogens is 1. The normalized spacial score (nSPS) is 10.9. The van der Waals surface area contributed by atoms with Gasteiger partial charge >= 0.3 is 0 Å². The first-order valence-electron chi connectivity index (χ1n) is 7.25. The van der Waals surface area contributed by atoms with E-state index in [-0.39, 0.29) is 5.82 Å². The predicted octanol–water partition coefficient (Wildman–Crippen LogP) is 4.21. The molecule has 1 N–H and O–H groups in total. The van der Waals surface area contributed by atoms with Gasteiger partial charge in [0.05, 0.1) is 0 Å². The summed E-state index contributed by atoms with van der Waals surface area (Å²) in [6, 6.07) is 13.1. The summed E-state index contributed by atoms with van der Waals surface area (Å²) in [6.07, 6.45) is 0. The van der Waals surface area contributed by atoms with E-state index >= 15 is 0 Å². The number of ether oxygens (including phenoxy) is 1. The van der Waals surface area contributed by atoms with Gasteiger partial charge in [0.2, 0.25) is 0 Å². The molecule has 0 aliphatic carbocycles. The van der Waals surface area contributed by atoms with E-state index in [1.807, 2.05) is 31.2 Å². The van der Waals surface area contributed by atoms with E-state index < -0.39 is 0 Å². The molecule has 21 heavy (non-hydrogen) atoms. The fourth-order valence-electron chi connectivity index (χ4n) is 2.06. The van der Waals surface area contributed by atoms with Gasteiger partial charge in [0.1, 0.15) is 18.2 Å². The van der Waals surface area contributed by atoms with Crippen LogP contribution < -0.4 is 10.1 Å². The first kappa shape index (κ1) is 15.5. The quantitative estimate of drug-likeness (QED) is 0.859. The lowest BCUT2D eigenvalue weighted by Gasteiger charge is -2.14. The van der Waals surface area contributed by atoms with Gasteiger partial charge in [-0.15, -0.1) is 0 Å². The number of aryl methyl sites for hydroxylation is 1. The van der Waals surface area contributed by atoms with Crippen LogP contribution in [0.5, 0.6) is 5.75 Å².